The maximum absolute atomic E-state index is 13.3. The molecule has 7 heteroatoms. The Kier molecular flexibility index (Phi) is 6.71. The molecule has 0 atom stereocenters. The molecule has 1 amide bonds. The number of carbonyl (C=O) groups is 1. The number of anilines is 1. The maximum Gasteiger partial charge on any atom is 0.260 e. The highest BCUT2D eigenvalue weighted by Gasteiger charge is 2.22. The van der Waals surface area contributed by atoms with Crippen LogP contribution in [0.5, 0.6) is 11.5 Å². The molecule has 1 aromatic heterocycles. The molecule has 1 heterocycles. The van der Waals surface area contributed by atoms with Gasteiger partial charge in [-0.25, -0.2) is 4.98 Å². The Hall–Kier alpha value is -2.64. The number of hydrogen-bond donors (Lipinski definition) is 0. The van der Waals surface area contributed by atoms with Crippen LogP contribution in [-0.4, -0.2) is 57.2 Å². The van der Waals surface area contributed by atoms with Crippen molar-refractivity contribution in [2.24, 2.45) is 0 Å². The highest BCUT2D eigenvalue weighted by atomic mass is 32.1. The van der Waals surface area contributed by atoms with Gasteiger partial charge < -0.3 is 14.4 Å². The highest BCUT2D eigenvalue weighted by molar-refractivity contribution is 7.22. The molecule has 0 N–H and O–H groups in total. The zero-order chi connectivity index (χ0) is 21.0. The van der Waals surface area contributed by atoms with Crippen molar-refractivity contribution >= 4 is 32.6 Å². The molecule has 0 saturated carbocycles. The molecular weight excluding hydrogens is 386 g/mol. The van der Waals surface area contributed by atoms with Crippen LogP contribution in [0.25, 0.3) is 10.2 Å². The van der Waals surface area contributed by atoms with Gasteiger partial charge in [0.05, 0.1) is 18.9 Å². The molecular formula is C22H27N3O3S. The van der Waals surface area contributed by atoms with Crippen LogP contribution in [-0.2, 0) is 0 Å². The summed E-state index contributed by atoms with van der Waals surface area (Å²) in [7, 11) is 7.31. The number of methoxy groups -OCH3 is 2. The lowest BCUT2D eigenvalue weighted by Gasteiger charge is -2.21. The van der Waals surface area contributed by atoms with Crippen molar-refractivity contribution in [3.05, 3.63) is 47.5 Å². The summed E-state index contributed by atoms with van der Waals surface area (Å²) in [5, 5.41) is 0.687. The molecule has 0 aliphatic rings. The number of aryl methyl sites for hydroxylation is 1. The van der Waals surface area contributed by atoms with Crippen LogP contribution < -0.4 is 14.4 Å². The molecule has 0 radical (unpaired) electrons. The number of benzene rings is 2. The van der Waals surface area contributed by atoms with Crippen LogP contribution in [0.2, 0.25) is 0 Å². The Bertz CT molecular complexity index is 983. The van der Waals surface area contributed by atoms with Gasteiger partial charge in [-0.15, -0.1) is 0 Å². The fourth-order valence-electron chi connectivity index (χ4n) is 3.10. The lowest BCUT2D eigenvalue weighted by Crippen LogP contribution is -2.33. The van der Waals surface area contributed by atoms with Gasteiger partial charge in [-0.05, 0) is 69.9 Å². The minimum absolute atomic E-state index is 0.0675. The Morgan fingerprint density at radius 3 is 2.38 bits per heavy atom. The van der Waals surface area contributed by atoms with E-state index in [0.29, 0.717) is 17.2 Å². The summed E-state index contributed by atoms with van der Waals surface area (Å²) in [5.41, 5.74) is 2.53. The first-order valence-corrected chi connectivity index (χ1v) is 10.3. The van der Waals surface area contributed by atoms with Gasteiger partial charge in [0, 0.05) is 12.1 Å². The van der Waals surface area contributed by atoms with E-state index in [2.05, 4.69) is 4.90 Å². The monoisotopic (exact) mass is 413 g/mol. The van der Waals surface area contributed by atoms with E-state index in [-0.39, 0.29) is 5.91 Å². The largest absolute Gasteiger partial charge is 0.497 e. The smallest absolute Gasteiger partial charge is 0.260 e. The van der Waals surface area contributed by atoms with Crippen LogP contribution in [0.1, 0.15) is 22.3 Å². The van der Waals surface area contributed by atoms with E-state index in [0.717, 1.165) is 40.2 Å². The van der Waals surface area contributed by atoms with Gasteiger partial charge in [0.1, 0.15) is 17.0 Å². The van der Waals surface area contributed by atoms with E-state index < -0.39 is 0 Å². The average molecular weight is 414 g/mol. The van der Waals surface area contributed by atoms with Gasteiger partial charge in [-0.3, -0.25) is 9.69 Å². The minimum Gasteiger partial charge on any atom is -0.497 e. The van der Waals surface area contributed by atoms with E-state index in [4.69, 9.17) is 14.5 Å². The first-order valence-electron chi connectivity index (χ1n) is 9.49. The topological polar surface area (TPSA) is 54.9 Å². The van der Waals surface area contributed by atoms with Gasteiger partial charge in [-0.2, -0.15) is 0 Å². The van der Waals surface area contributed by atoms with Crippen molar-refractivity contribution in [3.8, 4) is 11.5 Å². The maximum atomic E-state index is 13.3. The van der Waals surface area contributed by atoms with Gasteiger partial charge in [0.25, 0.3) is 5.91 Å². The summed E-state index contributed by atoms with van der Waals surface area (Å²) in [5.74, 6) is 1.38. The summed E-state index contributed by atoms with van der Waals surface area (Å²) in [6.07, 6.45) is 0.848. The van der Waals surface area contributed by atoms with E-state index in [1.807, 2.05) is 33.2 Å². The third-order valence-electron chi connectivity index (χ3n) is 4.71. The lowest BCUT2D eigenvalue weighted by molar-refractivity contribution is 0.0986. The predicted octanol–water partition coefficient (Wildman–Crippen LogP) is 4.22. The van der Waals surface area contributed by atoms with Crippen LogP contribution in [0, 0.1) is 6.92 Å². The molecule has 6 nitrogen and oxygen atoms in total. The van der Waals surface area contributed by atoms with Crippen LogP contribution in [0.4, 0.5) is 5.13 Å². The van der Waals surface area contributed by atoms with Crippen molar-refractivity contribution < 1.29 is 14.3 Å². The summed E-state index contributed by atoms with van der Waals surface area (Å²) in [4.78, 5) is 22.0. The Morgan fingerprint density at radius 2 is 1.76 bits per heavy atom. The molecule has 0 saturated heterocycles. The highest BCUT2D eigenvalue weighted by Crippen LogP contribution is 2.37. The van der Waals surface area contributed by atoms with Gasteiger partial charge in [0.2, 0.25) is 0 Å². The first kappa shape index (κ1) is 21.1. The second kappa shape index (κ2) is 9.24. The standard InChI is InChI=1S/C22H27N3O3S/c1-15-7-12-18(28-5)19-20(15)29-22(23-19)25(14-6-13-24(2)3)21(26)16-8-10-17(27-4)11-9-16/h7-12H,6,13-14H2,1-5H3. The summed E-state index contributed by atoms with van der Waals surface area (Å²) in [6.45, 7) is 3.52. The Labute approximate surface area is 175 Å². The molecule has 29 heavy (non-hydrogen) atoms. The fraction of sp³-hybridized carbons (Fsp3) is 0.364. The SMILES string of the molecule is COc1ccc(C(=O)N(CCCN(C)C)c2nc3c(OC)ccc(C)c3s2)cc1. The first-order chi connectivity index (χ1) is 13.9. The Balaban J connectivity index is 1.99. The third-order valence-corrected chi connectivity index (χ3v) is 5.93. The predicted molar refractivity (Wildman–Crippen MR) is 119 cm³/mol. The number of thiazole rings is 1. The quantitative estimate of drug-likeness (QED) is 0.553. The molecule has 0 aliphatic carbocycles. The van der Waals surface area contributed by atoms with Gasteiger partial charge in [-0.1, -0.05) is 17.4 Å². The van der Waals surface area contributed by atoms with E-state index >= 15 is 0 Å². The van der Waals surface area contributed by atoms with E-state index in [1.54, 1.807) is 43.4 Å². The molecule has 0 bridgehead atoms. The normalized spacial score (nSPS) is 11.1. The van der Waals surface area contributed by atoms with Crippen molar-refractivity contribution in [2.75, 3.05) is 46.3 Å². The summed E-state index contributed by atoms with van der Waals surface area (Å²) in [6, 6.07) is 11.1. The summed E-state index contributed by atoms with van der Waals surface area (Å²) < 4.78 is 11.7. The second-order valence-corrected chi connectivity index (χ2v) is 8.08. The zero-order valence-corrected chi connectivity index (χ0v) is 18.4. The molecule has 0 spiro atoms. The van der Waals surface area contributed by atoms with Crippen molar-refractivity contribution in [1.29, 1.82) is 0 Å². The number of carbonyl (C=O) groups excluding carboxylic acids is 1. The van der Waals surface area contributed by atoms with Crippen LogP contribution >= 0.6 is 11.3 Å². The van der Waals surface area contributed by atoms with E-state index in [9.17, 15) is 4.79 Å². The number of rotatable bonds is 8. The molecule has 0 unspecified atom stereocenters. The van der Waals surface area contributed by atoms with Gasteiger partial charge in [0.15, 0.2) is 5.13 Å². The number of ether oxygens (including phenoxy) is 2. The number of amides is 1. The Morgan fingerprint density at radius 1 is 1.03 bits per heavy atom. The molecule has 0 aliphatic heterocycles. The van der Waals surface area contributed by atoms with Crippen LogP contribution in [0.15, 0.2) is 36.4 Å². The average Bonchev–Trinajstić information content (AvgIpc) is 3.17. The number of fused-ring (bicyclic) bond motifs is 1. The fourth-order valence-corrected chi connectivity index (χ4v) is 4.17. The van der Waals surface area contributed by atoms with Crippen molar-refractivity contribution in [2.45, 2.75) is 13.3 Å². The minimum atomic E-state index is -0.0675. The molecule has 0 fully saturated rings. The third kappa shape index (κ3) is 4.68. The lowest BCUT2D eigenvalue weighted by atomic mass is 10.2. The van der Waals surface area contributed by atoms with E-state index in [1.165, 1.54) is 11.3 Å². The van der Waals surface area contributed by atoms with Crippen molar-refractivity contribution in [3.63, 3.8) is 0 Å². The van der Waals surface area contributed by atoms with Crippen LogP contribution in [0.3, 0.4) is 0 Å². The number of aromatic nitrogens is 1. The zero-order valence-electron chi connectivity index (χ0n) is 17.6. The molecule has 3 rings (SSSR count). The number of nitrogens with zero attached hydrogens (tertiary/aromatic N) is 3. The van der Waals surface area contributed by atoms with Crippen molar-refractivity contribution in [1.82, 2.24) is 9.88 Å². The molecule has 154 valence electrons. The number of hydrogen-bond acceptors (Lipinski definition) is 6. The van der Waals surface area contributed by atoms with Gasteiger partial charge >= 0.3 is 0 Å². The second-order valence-electron chi connectivity index (χ2n) is 7.10. The molecule has 2 aromatic carbocycles. The summed E-state index contributed by atoms with van der Waals surface area (Å²) >= 11 is 1.53. The molecule has 3 aromatic rings.